The van der Waals surface area contributed by atoms with Gasteiger partial charge in [-0.25, -0.2) is 0 Å². The Morgan fingerprint density at radius 2 is 2.09 bits per heavy atom. The van der Waals surface area contributed by atoms with Crippen LogP contribution in [-0.4, -0.2) is 51.6 Å². The molecule has 7 nitrogen and oxygen atoms in total. The van der Waals surface area contributed by atoms with Gasteiger partial charge in [0.1, 0.15) is 6.04 Å². The minimum Gasteiger partial charge on any atom is -0.394 e. The van der Waals surface area contributed by atoms with E-state index in [2.05, 4.69) is 5.32 Å². The number of amides is 3. The molecule has 1 aromatic carbocycles. The molecule has 3 N–H and O–H groups in total. The predicted octanol–water partition coefficient (Wildman–Crippen LogP) is -0.657. The molecular formula is C16H18N2O5. The third-order valence-electron chi connectivity index (χ3n) is 4.27. The molecule has 0 aliphatic carbocycles. The Kier molecular flexibility index (Phi) is 4.14. The summed E-state index contributed by atoms with van der Waals surface area (Å²) < 4.78 is 0. The van der Waals surface area contributed by atoms with Crippen LogP contribution in [-0.2, 0) is 22.6 Å². The molecule has 0 bridgehead atoms. The van der Waals surface area contributed by atoms with Gasteiger partial charge in [-0.1, -0.05) is 12.1 Å². The lowest BCUT2D eigenvalue weighted by Crippen LogP contribution is -2.52. The highest BCUT2D eigenvalue weighted by Crippen LogP contribution is 2.28. The number of benzene rings is 1. The molecule has 2 heterocycles. The minimum absolute atomic E-state index is 0.219. The molecule has 1 fully saturated rings. The van der Waals surface area contributed by atoms with Crippen molar-refractivity contribution in [3.05, 3.63) is 34.9 Å². The van der Waals surface area contributed by atoms with Crippen molar-refractivity contribution in [2.75, 3.05) is 6.61 Å². The van der Waals surface area contributed by atoms with Gasteiger partial charge in [0.05, 0.1) is 12.7 Å². The number of fused-ring (bicyclic) bond motifs is 1. The zero-order valence-electron chi connectivity index (χ0n) is 12.5. The summed E-state index contributed by atoms with van der Waals surface area (Å²) in [6.07, 6.45) is 0.0258. The summed E-state index contributed by atoms with van der Waals surface area (Å²) >= 11 is 0. The van der Waals surface area contributed by atoms with Crippen molar-refractivity contribution in [2.45, 2.75) is 38.0 Å². The summed E-state index contributed by atoms with van der Waals surface area (Å²) in [6, 6.07) is 4.61. The van der Waals surface area contributed by atoms with E-state index in [0.29, 0.717) is 24.9 Å². The largest absolute Gasteiger partial charge is 0.394 e. The smallest absolute Gasteiger partial charge is 0.255 e. The highest BCUT2D eigenvalue weighted by Gasteiger charge is 2.39. The molecule has 2 unspecified atom stereocenters. The fourth-order valence-electron chi connectivity index (χ4n) is 3.09. The molecule has 7 heteroatoms. The molecule has 3 amide bonds. The lowest BCUT2D eigenvalue weighted by atomic mass is 10.0. The topological polar surface area (TPSA) is 107 Å². The first kappa shape index (κ1) is 15.6. The van der Waals surface area contributed by atoms with Crippen LogP contribution < -0.4 is 5.32 Å². The molecule has 23 heavy (non-hydrogen) atoms. The Morgan fingerprint density at radius 3 is 2.78 bits per heavy atom. The Morgan fingerprint density at radius 1 is 1.30 bits per heavy atom. The van der Waals surface area contributed by atoms with Crippen molar-refractivity contribution in [1.82, 2.24) is 10.2 Å². The predicted molar refractivity (Wildman–Crippen MR) is 79.3 cm³/mol. The number of hydrogen-bond donors (Lipinski definition) is 3. The van der Waals surface area contributed by atoms with Crippen molar-refractivity contribution in [1.29, 1.82) is 0 Å². The first-order valence-electron chi connectivity index (χ1n) is 7.55. The van der Waals surface area contributed by atoms with E-state index in [9.17, 15) is 19.5 Å². The van der Waals surface area contributed by atoms with Gasteiger partial charge >= 0.3 is 0 Å². The van der Waals surface area contributed by atoms with Crippen molar-refractivity contribution in [3.8, 4) is 0 Å². The van der Waals surface area contributed by atoms with Crippen LogP contribution in [0.3, 0.4) is 0 Å². The fourth-order valence-corrected chi connectivity index (χ4v) is 3.09. The van der Waals surface area contributed by atoms with Crippen molar-refractivity contribution in [2.24, 2.45) is 0 Å². The number of imide groups is 1. The van der Waals surface area contributed by atoms with Gasteiger partial charge in [0, 0.05) is 24.9 Å². The van der Waals surface area contributed by atoms with Gasteiger partial charge in [-0.05, 0) is 23.6 Å². The molecule has 0 aromatic heterocycles. The van der Waals surface area contributed by atoms with Crippen molar-refractivity contribution >= 4 is 17.7 Å². The van der Waals surface area contributed by atoms with Gasteiger partial charge in [0.15, 0.2) is 0 Å². The maximum Gasteiger partial charge on any atom is 0.255 e. The zero-order valence-corrected chi connectivity index (χ0v) is 12.5. The molecule has 0 spiro atoms. The van der Waals surface area contributed by atoms with Gasteiger partial charge < -0.3 is 15.1 Å². The lowest BCUT2D eigenvalue weighted by molar-refractivity contribution is -0.136. The van der Waals surface area contributed by atoms with Gasteiger partial charge in [-0.3, -0.25) is 19.7 Å². The van der Waals surface area contributed by atoms with E-state index in [4.69, 9.17) is 5.11 Å². The van der Waals surface area contributed by atoms with Crippen LogP contribution in [0.2, 0.25) is 0 Å². The summed E-state index contributed by atoms with van der Waals surface area (Å²) in [6.45, 7) is -0.0120. The second kappa shape index (κ2) is 6.10. The molecule has 0 saturated carbocycles. The molecular weight excluding hydrogens is 300 g/mol. The second-order valence-corrected chi connectivity index (χ2v) is 5.93. The van der Waals surface area contributed by atoms with E-state index >= 15 is 0 Å². The average Bonchev–Trinajstić information content (AvgIpc) is 2.83. The van der Waals surface area contributed by atoms with Gasteiger partial charge in [-0.2, -0.15) is 0 Å². The van der Waals surface area contributed by atoms with Crippen molar-refractivity contribution in [3.63, 3.8) is 0 Å². The quantitative estimate of drug-likeness (QED) is 0.639. The summed E-state index contributed by atoms with van der Waals surface area (Å²) in [5.74, 6) is -0.960. The fraction of sp³-hybridized carbons (Fsp3) is 0.438. The van der Waals surface area contributed by atoms with E-state index in [1.54, 1.807) is 12.1 Å². The molecule has 2 atom stereocenters. The highest BCUT2D eigenvalue weighted by atomic mass is 16.3. The number of carbonyl (C=O) groups excluding carboxylic acids is 3. The molecule has 1 saturated heterocycles. The maximum atomic E-state index is 12.5. The maximum absolute atomic E-state index is 12.5. The Labute approximate surface area is 132 Å². The third kappa shape index (κ3) is 2.97. The number of carbonyl (C=O) groups is 3. The number of hydrogen-bond acceptors (Lipinski definition) is 5. The Hall–Kier alpha value is -2.25. The first-order chi connectivity index (χ1) is 11.0. The first-order valence-corrected chi connectivity index (χ1v) is 7.55. The number of aliphatic hydroxyl groups excluding tert-OH is 2. The Balaban J connectivity index is 1.79. The SMILES string of the molecule is O=C1CCC(N2Cc3cc(CC(O)CO)ccc3C2=O)C(=O)N1. The van der Waals surface area contributed by atoms with Gasteiger partial charge in [0.2, 0.25) is 11.8 Å². The van der Waals surface area contributed by atoms with E-state index in [0.717, 1.165) is 11.1 Å². The average molecular weight is 318 g/mol. The van der Waals surface area contributed by atoms with Crippen molar-refractivity contribution < 1.29 is 24.6 Å². The summed E-state index contributed by atoms with van der Waals surface area (Å²) in [4.78, 5) is 37.2. The second-order valence-electron chi connectivity index (χ2n) is 5.93. The number of aliphatic hydroxyl groups is 2. The molecule has 122 valence electrons. The number of rotatable bonds is 4. The highest BCUT2D eigenvalue weighted by molar-refractivity contribution is 6.05. The van der Waals surface area contributed by atoms with E-state index in [-0.39, 0.29) is 24.8 Å². The monoisotopic (exact) mass is 318 g/mol. The Bertz CT molecular complexity index is 672. The number of nitrogens with one attached hydrogen (secondary N) is 1. The third-order valence-corrected chi connectivity index (χ3v) is 4.27. The van der Waals surface area contributed by atoms with Gasteiger partial charge in [-0.15, -0.1) is 0 Å². The lowest BCUT2D eigenvalue weighted by Gasteiger charge is -2.29. The molecule has 2 aliphatic rings. The molecule has 0 radical (unpaired) electrons. The summed E-state index contributed by atoms with van der Waals surface area (Å²) in [7, 11) is 0. The molecule has 1 aromatic rings. The molecule has 3 rings (SSSR count). The minimum atomic E-state index is -0.837. The number of piperidine rings is 1. The van der Waals surface area contributed by atoms with E-state index in [1.165, 1.54) is 4.90 Å². The van der Waals surface area contributed by atoms with Crippen LogP contribution in [0.5, 0.6) is 0 Å². The van der Waals surface area contributed by atoms with E-state index < -0.39 is 18.1 Å². The number of nitrogens with zero attached hydrogens (tertiary/aromatic N) is 1. The summed E-state index contributed by atoms with van der Waals surface area (Å²) in [5.41, 5.74) is 2.16. The normalized spacial score (nSPS) is 22.1. The van der Waals surface area contributed by atoms with E-state index in [1.807, 2.05) is 6.07 Å². The van der Waals surface area contributed by atoms with Crippen LogP contribution >= 0.6 is 0 Å². The van der Waals surface area contributed by atoms with Gasteiger partial charge in [0.25, 0.3) is 5.91 Å². The van der Waals surface area contributed by atoms with Crippen LogP contribution in [0, 0.1) is 0 Å². The molecule has 2 aliphatic heterocycles. The van der Waals surface area contributed by atoms with Crippen LogP contribution in [0.15, 0.2) is 18.2 Å². The van der Waals surface area contributed by atoms with Crippen LogP contribution in [0.4, 0.5) is 0 Å². The standard InChI is InChI=1S/C16H18N2O5/c19-8-11(20)6-9-1-2-12-10(5-9)7-18(16(12)23)13-3-4-14(21)17-15(13)22/h1-2,5,11,13,19-20H,3-4,6-8H2,(H,17,21,22). The summed E-state index contributed by atoms with van der Waals surface area (Å²) in [5, 5.41) is 20.7. The van der Waals surface area contributed by atoms with Crippen LogP contribution in [0.1, 0.15) is 34.3 Å². The zero-order chi connectivity index (χ0) is 16.6. The van der Waals surface area contributed by atoms with Crippen LogP contribution in [0.25, 0.3) is 0 Å².